The lowest BCUT2D eigenvalue weighted by molar-refractivity contribution is 0.625. The molecular weight excluding hydrogens is 296 g/mol. The summed E-state index contributed by atoms with van der Waals surface area (Å²) in [5.74, 6) is -0.535. The molecule has 0 saturated carbocycles. The van der Waals surface area contributed by atoms with E-state index in [0.717, 1.165) is 5.56 Å². The molecule has 0 bridgehead atoms. The largest absolute Gasteiger partial charge is 0.205 e. The molecule has 0 spiro atoms. The number of hydrogen-bond acceptors (Lipinski definition) is 1. The SMILES string of the molecule is Cc1cc(C(C#N)=Cc2cccc(Cl)c2F)ccc1Cl. The van der Waals surface area contributed by atoms with E-state index in [2.05, 4.69) is 6.07 Å². The lowest BCUT2D eigenvalue weighted by Crippen LogP contribution is -1.87. The predicted octanol–water partition coefficient (Wildman–Crippen LogP) is 5.51. The first-order chi connectivity index (χ1) is 9.52. The van der Waals surface area contributed by atoms with Crippen molar-refractivity contribution in [3.05, 3.63) is 69.0 Å². The zero-order chi connectivity index (χ0) is 14.7. The third-order valence-corrected chi connectivity index (χ3v) is 3.59. The molecule has 0 atom stereocenters. The minimum atomic E-state index is -0.535. The van der Waals surface area contributed by atoms with Crippen LogP contribution < -0.4 is 0 Å². The molecule has 0 amide bonds. The summed E-state index contributed by atoms with van der Waals surface area (Å²) >= 11 is 11.7. The Morgan fingerprint density at radius 2 is 1.95 bits per heavy atom. The van der Waals surface area contributed by atoms with Crippen molar-refractivity contribution < 1.29 is 4.39 Å². The number of benzene rings is 2. The molecule has 0 N–H and O–H groups in total. The Hall–Kier alpha value is -1.82. The van der Waals surface area contributed by atoms with E-state index in [1.807, 2.05) is 6.92 Å². The second-order valence-corrected chi connectivity index (χ2v) is 5.09. The Morgan fingerprint density at radius 3 is 2.60 bits per heavy atom. The topological polar surface area (TPSA) is 23.8 Å². The maximum Gasteiger partial charge on any atom is 0.149 e. The van der Waals surface area contributed by atoms with E-state index in [0.29, 0.717) is 16.2 Å². The second-order valence-electron chi connectivity index (χ2n) is 4.28. The van der Waals surface area contributed by atoms with Crippen molar-refractivity contribution in [3.8, 4) is 6.07 Å². The molecule has 20 heavy (non-hydrogen) atoms. The highest BCUT2D eigenvalue weighted by Gasteiger charge is 2.08. The number of rotatable bonds is 2. The van der Waals surface area contributed by atoms with Crippen LogP contribution in [0.4, 0.5) is 4.39 Å². The summed E-state index contributed by atoms with van der Waals surface area (Å²) in [5.41, 5.74) is 2.18. The van der Waals surface area contributed by atoms with Gasteiger partial charge in [0.25, 0.3) is 0 Å². The van der Waals surface area contributed by atoms with Crippen molar-refractivity contribution in [3.63, 3.8) is 0 Å². The Kier molecular flexibility index (Phi) is 4.44. The summed E-state index contributed by atoms with van der Waals surface area (Å²) in [6.45, 7) is 1.85. The average Bonchev–Trinajstić information content (AvgIpc) is 2.44. The van der Waals surface area contributed by atoms with Gasteiger partial charge in [-0.25, -0.2) is 4.39 Å². The normalized spacial score (nSPS) is 11.2. The fourth-order valence-corrected chi connectivity index (χ4v) is 2.08. The van der Waals surface area contributed by atoms with Gasteiger partial charge in [0.2, 0.25) is 0 Å². The van der Waals surface area contributed by atoms with Crippen molar-refractivity contribution >= 4 is 34.9 Å². The maximum atomic E-state index is 13.9. The van der Waals surface area contributed by atoms with E-state index >= 15 is 0 Å². The van der Waals surface area contributed by atoms with Gasteiger partial charge in [-0.05, 0) is 42.3 Å². The molecule has 0 aliphatic rings. The highest BCUT2D eigenvalue weighted by molar-refractivity contribution is 6.31. The quantitative estimate of drug-likeness (QED) is 0.530. The number of aryl methyl sites for hydroxylation is 1. The molecule has 0 aliphatic carbocycles. The van der Waals surface area contributed by atoms with Gasteiger partial charge in [-0.1, -0.05) is 41.4 Å². The lowest BCUT2D eigenvalue weighted by atomic mass is 10.0. The lowest BCUT2D eigenvalue weighted by Gasteiger charge is -2.04. The van der Waals surface area contributed by atoms with Crippen LogP contribution >= 0.6 is 23.2 Å². The molecule has 0 heterocycles. The van der Waals surface area contributed by atoms with Crippen LogP contribution in [-0.2, 0) is 0 Å². The van der Waals surface area contributed by atoms with E-state index in [-0.39, 0.29) is 10.6 Å². The molecule has 4 heteroatoms. The van der Waals surface area contributed by atoms with Crippen molar-refractivity contribution in [2.24, 2.45) is 0 Å². The first-order valence-electron chi connectivity index (χ1n) is 5.85. The average molecular weight is 306 g/mol. The molecular formula is C16H10Cl2FN. The Morgan fingerprint density at radius 1 is 1.20 bits per heavy atom. The summed E-state index contributed by atoms with van der Waals surface area (Å²) in [4.78, 5) is 0. The molecule has 2 rings (SSSR count). The predicted molar refractivity (Wildman–Crippen MR) is 81.1 cm³/mol. The third kappa shape index (κ3) is 3.01. The minimum absolute atomic E-state index is 0.0309. The molecule has 0 aromatic heterocycles. The molecule has 0 radical (unpaired) electrons. The Labute approximate surface area is 126 Å². The number of allylic oxidation sites excluding steroid dienone is 1. The van der Waals surface area contributed by atoms with Crippen LogP contribution in [-0.4, -0.2) is 0 Å². The van der Waals surface area contributed by atoms with E-state index in [1.165, 1.54) is 12.1 Å². The van der Waals surface area contributed by atoms with E-state index in [9.17, 15) is 9.65 Å². The number of halogens is 3. The third-order valence-electron chi connectivity index (χ3n) is 2.87. The molecule has 0 saturated heterocycles. The zero-order valence-electron chi connectivity index (χ0n) is 10.6. The number of hydrogen-bond donors (Lipinski definition) is 0. The van der Waals surface area contributed by atoms with Crippen molar-refractivity contribution in [2.75, 3.05) is 0 Å². The van der Waals surface area contributed by atoms with E-state index in [1.54, 1.807) is 30.3 Å². The van der Waals surface area contributed by atoms with Gasteiger partial charge in [-0.3, -0.25) is 0 Å². The van der Waals surface area contributed by atoms with Crippen LogP contribution in [0.15, 0.2) is 36.4 Å². The van der Waals surface area contributed by atoms with Gasteiger partial charge < -0.3 is 0 Å². The van der Waals surface area contributed by atoms with Crippen LogP contribution in [0.25, 0.3) is 11.6 Å². The molecule has 2 aromatic carbocycles. The van der Waals surface area contributed by atoms with Gasteiger partial charge in [0.05, 0.1) is 16.7 Å². The van der Waals surface area contributed by atoms with E-state index < -0.39 is 5.82 Å². The van der Waals surface area contributed by atoms with Gasteiger partial charge in [-0.2, -0.15) is 5.26 Å². The van der Waals surface area contributed by atoms with Crippen LogP contribution in [0.5, 0.6) is 0 Å². The summed E-state index contributed by atoms with van der Waals surface area (Å²) in [7, 11) is 0. The Balaban J connectivity index is 2.52. The molecule has 1 nitrogen and oxygen atoms in total. The van der Waals surface area contributed by atoms with Crippen molar-refractivity contribution in [2.45, 2.75) is 6.92 Å². The summed E-state index contributed by atoms with van der Waals surface area (Å²) in [6, 6.07) is 12.0. The highest BCUT2D eigenvalue weighted by atomic mass is 35.5. The first-order valence-corrected chi connectivity index (χ1v) is 6.61. The van der Waals surface area contributed by atoms with Gasteiger partial charge in [0.1, 0.15) is 5.82 Å². The van der Waals surface area contributed by atoms with Crippen molar-refractivity contribution in [1.82, 2.24) is 0 Å². The Bertz CT molecular complexity index is 730. The molecule has 0 fully saturated rings. The molecule has 0 aliphatic heterocycles. The summed E-state index contributed by atoms with van der Waals surface area (Å²) < 4.78 is 13.9. The van der Waals surface area contributed by atoms with Gasteiger partial charge in [0, 0.05) is 10.6 Å². The minimum Gasteiger partial charge on any atom is -0.205 e. The molecule has 0 unspecified atom stereocenters. The molecule has 100 valence electrons. The standard InChI is InChI=1S/C16H10Cl2FN/c1-10-7-11(5-6-14(10)17)13(9-20)8-12-3-2-4-15(18)16(12)19/h2-8H,1H3. The highest BCUT2D eigenvalue weighted by Crippen LogP contribution is 2.25. The summed E-state index contributed by atoms with van der Waals surface area (Å²) in [5, 5.41) is 9.91. The first kappa shape index (κ1) is 14.6. The van der Waals surface area contributed by atoms with Crippen LogP contribution in [0.3, 0.4) is 0 Å². The maximum absolute atomic E-state index is 13.9. The fourth-order valence-electron chi connectivity index (χ4n) is 1.78. The van der Waals surface area contributed by atoms with Gasteiger partial charge >= 0.3 is 0 Å². The summed E-state index contributed by atoms with van der Waals surface area (Å²) in [6.07, 6.45) is 1.48. The monoisotopic (exact) mass is 305 g/mol. The fraction of sp³-hybridized carbons (Fsp3) is 0.0625. The molecule has 2 aromatic rings. The number of nitriles is 1. The zero-order valence-corrected chi connectivity index (χ0v) is 12.1. The second kappa shape index (κ2) is 6.09. The van der Waals surface area contributed by atoms with Crippen LogP contribution in [0, 0.1) is 24.1 Å². The van der Waals surface area contributed by atoms with Crippen LogP contribution in [0.2, 0.25) is 10.0 Å². The van der Waals surface area contributed by atoms with Gasteiger partial charge in [0.15, 0.2) is 0 Å². The van der Waals surface area contributed by atoms with Crippen molar-refractivity contribution in [1.29, 1.82) is 5.26 Å². The smallest absolute Gasteiger partial charge is 0.149 e. The number of nitrogens with zero attached hydrogens (tertiary/aromatic N) is 1. The van der Waals surface area contributed by atoms with Crippen LogP contribution in [0.1, 0.15) is 16.7 Å². The van der Waals surface area contributed by atoms with Gasteiger partial charge in [-0.15, -0.1) is 0 Å². The van der Waals surface area contributed by atoms with E-state index in [4.69, 9.17) is 23.2 Å².